The summed E-state index contributed by atoms with van der Waals surface area (Å²) >= 11 is 0. The predicted molar refractivity (Wildman–Crippen MR) is 75.4 cm³/mol. The number of hydrogen-bond donors (Lipinski definition) is 2. The van der Waals surface area contributed by atoms with E-state index in [0.717, 1.165) is 11.1 Å². The number of amides is 1. The second-order valence-corrected chi connectivity index (χ2v) is 5.18. The predicted octanol–water partition coefficient (Wildman–Crippen LogP) is 1.33. The Bertz CT molecular complexity index is 516. The minimum atomic E-state index is -0.950. The van der Waals surface area contributed by atoms with E-state index in [2.05, 4.69) is 5.32 Å². The zero-order chi connectivity index (χ0) is 14.7. The maximum atomic E-state index is 11.9. The van der Waals surface area contributed by atoms with Gasteiger partial charge in [-0.1, -0.05) is 24.3 Å². The first-order valence-corrected chi connectivity index (χ1v) is 6.81. The van der Waals surface area contributed by atoms with Gasteiger partial charge >= 0.3 is 5.97 Å². The van der Waals surface area contributed by atoms with Crippen molar-refractivity contribution in [1.82, 2.24) is 10.2 Å². The Labute approximate surface area is 118 Å². The number of nitrogens with one attached hydrogen (secondary N) is 1. The number of hydrogen-bond acceptors (Lipinski definition) is 3. The third-order valence-electron chi connectivity index (χ3n) is 3.88. The Hall–Kier alpha value is -1.88. The molecule has 0 bridgehead atoms. The van der Waals surface area contributed by atoms with Crippen molar-refractivity contribution in [3.8, 4) is 0 Å². The van der Waals surface area contributed by atoms with Crippen molar-refractivity contribution >= 4 is 11.9 Å². The van der Waals surface area contributed by atoms with Crippen LogP contribution in [-0.2, 0) is 9.59 Å². The molecule has 1 amide bonds. The van der Waals surface area contributed by atoms with Gasteiger partial charge in [-0.05, 0) is 25.0 Å². The second kappa shape index (κ2) is 6.05. The Morgan fingerprint density at radius 2 is 2.20 bits per heavy atom. The van der Waals surface area contributed by atoms with Crippen LogP contribution in [0.15, 0.2) is 24.3 Å². The molecule has 0 aliphatic carbocycles. The highest BCUT2D eigenvalue weighted by atomic mass is 16.4. The molecule has 108 valence electrons. The number of carbonyl (C=O) groups is 2. The molecule has 0 aromatic heterocycles. The van der Waals surface area contributed by atoms with Gasteiger partial charge in [-0.2, -0.15) is 0 Å². The lowest BCUT2D eigenvalue weighted by Crippen LogP contribution is -2.56. The Kier molecular flexibility index (Phi) is 4.39. The van der Waals surface area contributed by atoms with Crippen molar-refractivity contribution in [2.24, 2.45) is 0 Å². The van der Waals surface area contributed by atoms with Crippen molar-refractivity contribution in [2.75, 3.05) is 13.1 Å². The molecular weight excluding hydrogens is 256 g/mol. The zero-order valence-corrected chi connectivity index (χ0v) is 11.8. The van der Waals surface area contributed by atoms with Crippen molar-refractivity contribution in [3.05, 3.63) is 35.4 Å². The number of benzene rings is 1. The fourth-order valence-corrected chi connectivity index (χ4v) is 2.81. The fraction of sp³-hybridized carbons (Fsp3) is 0.467. The Balaban J connectivity index is 2.25. The summed E-state index contributed by atoms with van der Waals surface area (Å²) in [6, 6.07) is 7.42. The molecule has 1 heterocycles. The maximum absolute atomic E-state index is 11.9. The molecule has 1 aliphatic heterocycles. The molecule has 0 radical (unpaired) electrons. The van der Waals surface area contributed by atoms with E-state index in [1.165, 1.54) is 0 Å². The molecule has 1 aliphatic rings. The number of rotatable bonds is 4. The minimum absolute atomic E-state index is 0.0200. The summed E-state index contributed by atoms with van der Waals surface area (Å²) in [6.45, 7) is 5.28. The molecule has 1 aromatic rings. The highest BCUT2D eigenvalue weighted by Gasteiger charge is 2.35. The Morgan fingerprint density at radius 3 is 2.85 bits per heavy atom. The van der Waals surface area contributed by atoms with E-state index in [4.69, 9.17) is 5.11 Å². The highest BCUT2D eigenvalue weighted by molar-refractivity contribution is 5.86. The van der Waals surface area contributed by atoms with Crippen LogP contribution in [0.3, 0.4) is 0 Å². The first-order valence-electron chi connectivity index (χ1n) is 6.81. The summed E-state index contributed by atoms with van der Waals surface area (Å²) in [5.74, 6) is -1.15. The fourth-order valence-electron chi connectivity index (χ4n) is 2.81. The lowest BCUT2D eigenvalue weighted by molar-refractivity contribution is -0.143. The molecule has 5 heteroatoms. The minimum Gasteiger partial charge on any atom is -0.481 e. The van der Waals surface area contributed by atoms with Gasteiger partial charge in [0.1, 0.15) is 6.04 Å². The van der Waals surface area contributed by atoms with Gasteiger partial charge in [0, 0.05) is 19.1 Å². The van der Waals surface area contributed by atoms with E-state index < -0.39 is 12.0 Å². The second-order valence-electron chi connectivity index (χ2n) is 5.18. The first kappa shape index (κ1) is 14.5. The summed E-state index contributed by atoms with van der Waals surface area (Å²) in [5.41, 5.74) is 2.29. The van der Waals surface area contributed by atoms with Crippen LogP contribution in [0.5, 0.6) is 0 Å². The monoisotopic (exact) mass is 276 g/mol. The third-order valence-corrected chi connectivity index (χ3v) is 3.88. The van der Waals surface area contributed by atoms with E-state index >= 15 is 0 Å². The van der Waals surface area contributed by atoms with E-state index in [0.29, 0.717) is 13.1 Å². The van der Waals surface area contributed by atoms with Crippen LogP contribution in [0.1, 0.15) is 30.5 Å². The SMILES string of the molecule is Cc1ccccc1C(C)N1CCNC(=O)C1CC(=O)O. The molecule has 1 fully saturated rings. The van der Waals surface area contributed by atoms with Gasteiger partial charge in [-0.25, -0.2) is 0 Å². The summed E-state index contributed by atoms with van der Waals surface area (Å²) in [6.07, 6.45) is -0.165. The van der Waals surface area contributed by atoms with Crippen molar-refractivity contribution in [3.63, 3.8) is 0 Å². The average Bonchev–Trinajstić information content (AvgIpc) is 2.40. The molecule has 2 N–H and O–H groups in total. The van der Waals surface area contributed by atoms with Gasteiger partial charge in [0.05, 0.1) is 6.42 Å². The number of piperazine rings is 1. The van der Waals surface area contributed by atoms with Gasteiger partial charge in [0.2, 0.25) is 5.91 Å². The number of aliphatic carboxylic acids is 1. The van der Waals surface area contributed by atoms with E-state index in [9.17, 15) is 9.59 Å². The van der Waals surface area contributed by atoms with Crippen LogP contribution in [-0.4, -0.2) is 41.0 Å². The zero-order valence-electron chi connectivity index (χ0n) is 11.8. The molecule has 0 saturated carbocycles. The molecule has 20 heavy (non-hydrogen) atoms. The van der Waals surface area contributed by atoms with Crippen LogP contribution < -0.4 is 5.32 Å². The van der Waals surface area contributed by atoms with Gasteiger partial charge < -0.3 is 10.4 Å². The third kappa shape index (κ3) is 2.99. The molecule has 1 saturated heterocycles. The van der Waals surface area contributed by atoms with Gasteiger partial charge in [-0.15, -0.1) is 0 Å². The molecule has 5 nitrogen and oxygen atoms in total. The van der Waals surface area contributed by atoms with Crippen LogP contribution in [0, 0.1) is 6.92 Å². The Morgan fingerprint density at radius 1 is 1.50 bits per heavy atom. The average molecular weight is 276 g/mol. The lowest BCUT2D eigenvalue weighted by Gasteiger charge is -2.39. The van der Waals surface area contributed by atoms with Crippen molar-refractivity contribution in [1.29, 1.82) is 0 Å². The van der Waals surface area contributed by atoms with E-state index in [1.807, 2.05) is 43.0 Å². The molecule has 2 rings (SSSR count). The molecule has 2 atom stereocenters. The van der Waals surface area contributed by atoms with Crippen LogP contribution in [0.2, 0.25) is 0 Å². The summed E-state index contributed by atoms with van der Waals surface area (Å²) in [5, 5.41) is 11.7. The first-order chi connectivity index (χ1) is 9.50. The summed E-state index contributed by atoms with van der Waals surface area (Å²) < 4.78 is 0. The quantitative estimate of drug-likeness (QED) is 0.870. The highest BCUT2D eigenvalue weighted by Crippen LogP contribution is 2.27. The van der Waals surface area contributed by atoms with Gasteiger partial charge in [0.15, 0.2) is 0 Å². The number of aryl methyl sites for hydroxylation is 1. The van der Waals surface area contributed by atoms with Crippen LogP contribution in [0.25, 0.3) is 0 Å². The lowest BCUT2D eigenvalue weighted by atomic mass is 9.98. The largest absolute Gasteiger partial charge is 0.481 e. The van der Waals surface area contributed by atoms with Crippen molar-refractivity contribution < 1.29 is 14.7 Å². The maximum Gasteiger partial charge on any atom is 0.305 e. The molecule has 0 spiro atoms. The number of carboxylic acids is 1. The summed E-state index contributed by atoms with van der Waals surface area (Å²) in [7, 11) is 0. The number of nitrogens with zero attached hydrogens (tertiary/aromatic N) is 1. The topological polar surface area (TPSA) is 69.6 Å². The summed E-state index contributed by atoms with van der Waals surface area (Å²) in [4.78, 5) is 24.9. The molecular formula is C15H20N2O3. The van der Waals surface area contributed by atoms with Crippen molar-refractivity contribution in [2.45, 2.75) is 32.4 Å². The smallest absolute Gasteiger partial charge is 0.305 e. The van der Waals surface area contributed by atoms with Crippen LogP contribution in [0.4, 0.5) is 0 Å². The number of carbonyl (C=O) groups excluding carboxylic acids is 1. The van der Waals surface area contributed by atoms with Crippen LogP contribution >= 0.6 is 0 Å². The van der Waals surface area contributed by atoms with Gasteiger partial charge in [-0.3, -0.25) is 14.5 Å². The number of carboxylic acid groups (broad SMARTS) is 1. The standard InChI is InChI=1S/C15H20N2O3/c1-10-5-3-4-6-12(10)11(2)17-8-7-16-15(20)13(17)9-14(18)19/h3-6,11,13H,7-9H2,1-2H3,(H,16,20)(H,18,19). The van der Waals surface area contributed by atoms with E-state index in [-0.39, 0.29) is 18.4 Å². The van der Waals surface area contributed by atoms with E-state index in [1.54, 1.807) is 0 Å². The molecule has 1 aromatic carbocycles. The molecule has 2 unspecified atom stereocenters. The normalized spacial score (nSPS) is 21.3. The van der Waals surface area contributed by atoms with Gasteiger partial charge in [0.25, 0.3) is 0 Å².